The summed E-state index contributed by atoms with van der Waals surface area (Å²) in [4.78, 5) is 14.7. The fraction of sp³-hybridized carbons (Fsp3) is 0.562. The molecule has 1 aromatic heterocycles. The largest absolute Gasteiger partial charge is 0.461 e. The lowest BCUT2D eigenvalue weighted by Crippen LogP contribution is -2.43. The molecule has 5 atom stereocenters. The Morgan fingerprint density at radius 2 is 1.95 bits per heavy atom. The van der Waals surface area contributed by atoms with Gasteiger partial charge in [0.15, 0.2) is 0 Å². The van der Waals surface area contributed by atoms with E-state index >= 15 is 0 Å². The van der Waals surface area contributed by atoms with Crippen molar-refractivity contribution in [3.8, 4) is 6.01 Å². The molecule has 6 nitrogen and oxygen atoms in total. The summed E-state index contributed by atoms with van der Waals surface area (Å²) >= 11 is 3.52. The molecular formula is C32H36BrF2N5O. The summed E-state index contributed by atoms with van der Waals surface area (Å²) in [5.74, 6) is 0.133. The second-order valence-electron chi connectivity index (χ2n) is 12.9. The van der Waals surface area contributed by atoms with Gasteiger partial charge in [0.25, 0.3) is 0 Å². The van der Waals surface area contributed by atoms with E-state index in [4.69, 9.17) is 14.7 Å². The highest BCUT2D eigenvalue weighted by molar-refractivity contribution is 9.10. The molecule has 5 aliphatic heterocycles. The predicted octanol–water partition coefficient (Wildman–Crippen LogP) is 6.05. The summed E-state index contributed by atoms with van der Waals surface area (Å²) in [5, 5.41) is 5.66. The van der Waals surface area contributed by atoms with E-state index in [-0.39, 0.29) is 11.4 Å². The number of halogens is 3. The van der Waals surface area contributed by atoms with Gasteiger partial charge in [0.2, 0.25) is 0 Å². The molecule has 4 fully saturated rings. The number of hydrogen-bond donors (Lipinski definition) is 1. The van der Waals surface area contributed by atoms with Crippen LogP contribution in [0.3, 0.4) is 0 Å². The molecule has 0 radical (unpaired) electrons. The average Bonchev–Trinajstić information content (AvgIpc) is 3.63. The van der Waals surface area contributed by atoms with Gasteiger partial charge in [-0.05, 0) is 90.5 Å². The number of ether oxygens (including phenoxy) is 1. The third kappa shape index (κ3) is 4.54. The number of fused-ring (bicyclic) bond motifs is 5. The Labute approximate surface area is 248 Å². The van der Waals surface area contributed by atoms with Crippen LogP contribution >= 0.6 is 15.9 Å². The maximum atomic E-state index is 14.6. The number of anilines is 1. The molecule has 1 unspecified atom stereocenters. The standard InChI is InChI=1S/C32H36BrF2N5O/c33-29-25(35)8-5-19-3-1-4-27(28(19)29)39-12-9-24-26(17-39)37-31(38-30(24)20-13-22-6-7-23(14-20)36-22)41-18-32-10-2-11-40(32)16-21(34)15-32/h1,3-5,8,20-23,36H,2,6-7,9-18H2/t20-,21?,22-,23+,32-/m0/s1. The van der Waals surface area contributed by atoms with E-state index in [2.05, 4.69) is 37.1 Å². The lowest BCUT2D eigenvalue weighted by Gasteiger charge is -2.35. The molecule has 4 saturated heterocycles. The second-order valence-corrected chi connectivity index (χ2v) is 13.7. The van der Waals surface area contributed by atoms with Crippen LogP contribution < -0.4 is 15.0 Å². The van der Waals surface area contributed by atoms with Gasteiger partial charge in [0.05, 0.1) is 27.9 Å². The number of nitrogens with zero attached hydrogens (tertiary/aromatic N) is 4. The van der Waals surface area contributed by atoms with Crippen LogP contribution in [0, 0.1) is 5.82 Å². The zero-order valence-corrected chi connectivity index (χ0v) is 24.8. The Hall–Kier alpha value is -2.36. The SMILES string of the molecule is Fc1ccc2cccc(N3CCc4c(nc(OC[C@@]56CCCN5CC(F)C6)nc4[C@@H]4C[C@H]5CC[C@@H](C4)N5)C3)c2c1Br. The molecule has 8 rings (SSSR count). The second kappa shape index (κ2) is 10.1. The van der Waals surface area contributed by atoms with Crippen molar-refractivity contribution in [1.29, 1.82) is 0 Å². The van der Waals surface area contributed by atoms with Gasteiger partial charge in [0, 0.05) is 48.6 Å². The van der Waals surface area contributed by atoms with Gasteiger partial charge >= 0.3 is 6.01 Å². The highest BCUT2D eigenvalue weighted by Gasteiger charge is 2.49. The zero-order chi connectivity index (χ0) is 27.7. The van der Waals surface area contributed by atoms with Crippen LogP contribution in [-0.2, 0) is 13.0 Å². The Morgan fingerprint density at radius 3 is 2.80 bits per heavy atom. The van der Waals surface area contributed by atoms with E-state index in [1.807, 2.05) is 18.2 Å². The molecule has 0 saturated carbocycles. The minimum atomic E-state index is -0.789. The van der Waals surface area contributed by atoms with Crippen molar-refractivity contribution in [3.05, 3.63) is 57.6 Å². The normalized spacial score (nSPS) is 31.0. The van der Waals surface area contributed by atoms with E-state index in [0.717, 1.165) is 73.0 Å². The summed E-state index contributed by atoms with van der Waals surface area (Å²) in [6.45, 7) is 3.31. The van der Waals surface area contributed by atoms with Gasteiger partial charge in [-0.25, -0.2) is 8.78 Å². The Bertz CT molecular complexity index is 1490. The molecule has 2 bridgehead atoms. The van der Waals surface area contributed by atoms with Crippen LogP contribution in [0.2, 0.25) is 0 Å². The Balaban J connectivity index is 1.15. The van der Waals surface area contributed by atoms with Crippen LogP contribution in [0.15, 0.2) is 34.8 Å². The average molecular weight is 625 g/mol. The number of nitrogens with one attached hydrogen (secondary N) is 1. The summed E-state index contributed by atoms with van der Waals surface area (Å²) in [5.41, 5.74) is 4.18. The first-order valence-electron chi connectivity index (χ1n) is 15.3. The van der Waals surface area contributed by atoms with Crippen LogP contribution in [0.5, 0.6) is 6.01 Å². The number of benzene rings is 2. The summed E-state index contributed by atoms with van der Waals surface area (Å²) in [6.07, 6.45) is 7.30. The number of aromatic nitrogens is 2. The van der Waals surface area contributed by atoms with Crippen molar-refractivity contribution in [2.24, 2.45) is 0 Å². The van der Waals surface area contributed by atoms with E-state index in [1.54, 1.807) is 0 Å². The van der Waals surface area contributed by atoms with Crippen molar-refractivity contribution in [3.63, 3.8) is 0 Å². The molecule has 41 heavy (non-hydrogen) atoms. The quantitative estimate of drug-likeness (QED) is 0.374. The van der Waals surface area contributed by atoms with E-state index in [0.29, 0.717) is 54.6 Å². The van der Waals surface area contributed by atoms with Gasteiger partial charge in [-0.15, -0.1) is 0 Å². The molecule has 9 heteroatoms. The predicted molar refractivity (Wildman–Crippen MR) is 159 cm³/mol. The van der Waals surface area contributed by atoms with Crippen molar-refractivity contribution in [2.75, 3.05) is 31.1 Å². The molecule has 6 heterocycles. The van der Waals surface area contributed by atoms with Gasteiger partial charge in [-0.1, -0.05) is 18.2 Å². The molecule has 0 aliphatic carbocycles. The fourth-order valence-corrected chi connectivity index (χ4v) is 9.09. The summed E-state index contributed by atoms with van der Waals surface area (Å²) in [7, 11) is 0. The molecule has 0 amide bonds. The van der Waals surface area contributed by atoms with Gasteiger partial charge in [0.1, 0.15) is 18.6 Å². The number of piperidine rings is 1. The number of hydrogen-bond acceptors (Lipinski definition) is 6. The maximum absolute atomic E-state index is 14.6. The van der Waals surface area contributed by atoms with Gasteiger partial charge in [-0.2, -0.15) is 9.97 Å². The first kappa shape index (κ1) is 26.3. The molecule has 3 aromatic rings. The minimum Gasteiger partial charge on any atom is -0.461 e. The van der Waals surface area contributed by atoms with Crippen molar-refractivity contribution in [2.45, 2.75) is 87.6 Å². The zero-order valence-electron chi connectivity index (χ0n) is 23.2. The smallest absolute Gasteiger partial charge is 0.316 e. The number of alkyl halides is 1. The monoisotopic (exact) mass is 623 g/mol. The van der Waals surface area contributed by atoms with E-state index in [1.165, 1.54) is 24.5 Å². The Morgan fingerprint density at radius 1 is 1.10 bits per heavy atom. The topological polar surface area (TPSA) is 53.5 Å². The first-order valence-corrected chi connectivity index (χ1v) is 16.0. The van der Waals surface area contributed by atoms with Gasteiger partial charge in [-0.3, -0.25) is 4.90 Å². The van der Waals surface area contributed by atoms with Crippen molar-refractivity contribution in [1.82, 2.24) is 20.2 Å². The summed E-state index contributed by atoms with van der Waals surface area (Å²) in [6, 6.07) is 11.0. The summed E-state index contributed by atoms with van der Waals surface area (Å²) < 4.78 is 36.0. The lowest BCUT2D eigenvalue weighted by molar-refractivity contribution is 0.106. The highest BCUT2D eigenvalue weighted by atomic mass is 79.9. The maximum Gasteiger partial charge on any atom is 0.316 e. The molecule has 1 N–H and O–H groups in total. The molecule has 2 aromatic carbocycles. The van der Waals surface area contributed by atoms with Crippen LogP contribution in [0.25, 0.3) is 10.8 Å². The van der Waals surface area contributed by atoms with E-state index in [9.17, 15) is 8.78 Å². The number of rotatable bonds is 5. The van der Waals surface area contributed by atoms with Crippen molar-refractivity contribution < 1.29 is 13.5 Å². The molecule has 0 spiro atoms. The first-order chi connectivity index (χ1) is 20.0. The van der Waals surface area contributed by atoms with Crippen LogP contribution in [-0.4, -0.2) is 64.9 Å². The van der Waals surface area contributed by atoms with Crippen LogP contribution in [0.4, 0.5) is 14.5 Å². The van der Waals surface area contributed by atoms with Crippen molar-refractivity contribution >= 4 is 32.4 Å². The molecular weight excluding hydrogens is 588 g/mol. The minimum absolute atomic E-state index is 0.238. The highest BCUT2D eigenvalue weighted by Crippen LogP contribution is 2.43. The lowest BCUT2D eigenvalue weighted by atomic mass is 9.85. The molecule has 216 valence electrons. The molecule has 5 aliphatic rings. The van der Waals surface area contributed by atoms with Crippen LogP contribution in [0.1, 0.15) is 67.8 Å². The third-order valence-corrected chi connectivity index (χ3v) is 11.2. The van der Waals surface area contributed by atoms with E-state index < -0.39 is 6.17 Å². The third-order valence-electron chi connectivity index (χ3n) is 10.4. The Kier molecular flexibility index (Phi) is 6.49. The fourth-order valence-electron chi connectivity index (χ4n) is 8.53. The van der Waals surface area contributed by atoms with Gasteiger partial charge < -0.3 is 15.0 Å².